The standard InChI is InChI=1S/C12H15Cl/c1-10(2)8-12(13)9-11-6-4-3-5-7-11/h3-8,12H,9H2,1-2H3. The highest BCUT2D eigenvalue weighted by atomic mass is 35.5. The first-order valence-corrected chi connectivity index (χ1v) is 4.95. The predicted molar refractivity (Wildman–Crippen MR) is 59.2 cm³/mol. The van der Waals surface area contributed by atoms with Crippen LogP contribution < -0.4 is 0 Å². The van der Waals surface area contributed by atoms with Gasteiger partial charge in [0.2, 0.25) is 0 Å². The van der Waals surface area contributed by atoms with Gasteiger partial charge in [0.1, 0.15) is 0 Å². The Morgan fingerprint density at radius 3 is 2.46 bits per heavy atom. The molecule has 0 aliphatic carbocycles. The van der Waals surface area contributed by atoms with Crippen molar-refractivity contribution in [2.24, 2.45) is 0 Å². The molecule has 0 nitrogen and oxygen atoms in total. The number of benzene rings is 1. The summed E-state index contributed by atoms with van der Waals surface area (Å²) < 4.78 is 0. The Kier molecular flexibility index (Phi) is 4.04. The van der Waals surface area contributed by atoms with Gasteiger partial charge in [0.25, 0.3) is 0 Å². The summed E-state index contributed by atoms with van der Waals surface area (Å²) in [5.41, 5.74) is 2.57. The van der Waals surface area contributed by atoms with Crippen molar-refractivity contribution in [2.45, 2.75) is 25.6 Å². The summed E-state index contributed by atoms with van der Waals surface area (Å²) in [5, 5.41) is 0.118. The van der Waals surface area contributed by atoms with Gasteiger partial charge in [0.15, 0.2) is 0 Å². The monoisotopic (exact) mass is 194 g/mol. The molecule has 0 bridgehead atoms. The lowest BCUT2D eigenvalue weighted by Crippen LogP contribution is -1.99. The fourth-order valence-electron chi connectivity index (χ4n) is 1.26. The minimum atomic E-state index is 0.118. The van der Waals surface area contributed by atoms with E-state index in [1.807, 2.05) is 18.2 Å². The molecule has 0 saturated carbocycles. The fourth-order valence-corrected chi connectivity index (χ4v) is 1.69. The zero-order chi connectivity index (χ0) is 9.68. The maximum absolute atomic E-state index is 6.13. The quantitative estimate of drug-likeness (QED) is 0.507. The first-order chi connectivity index (χ1) is 6.18. The third kappa shape index (κ3) is 4.14. The van der Waals surface area contributed by atoms with Gasteiger partial charge in [-0.05, 0) is 25.8 Å². The summed E-state index contributed by atoms with van der Waals surface area (Å²) in [4.78, 5) is 0. The molecule has 0 radical (unpaired) electrons. The Labute approximate surface area is 85.2 Å². The lowest BCUT2D eigenvalue weighted by molar-refractivity contribution is 0.996. The largest absolute Gasteiger partial charge is 0.118 e. The summed E-state index contributed by atoms with van der Waals surface area (Å²) in [5.74, 6) is 0. The summed E-state index contributed by atoms with van der Waals surface area (Å²) in [6.45, 7) is 4.14. The molecule has 13 heavy (non-hydrogen) atoms. The normalized spacial score (nSPS) is 12.2. The first kappa shape index (κ1) is 10.3. The first-order valence-electron chi connectivity index (χ1n) is 4.51. The van der Waals surface area contributed by atoms with E-state index in [1.165, 1.54) is 11.1 Å². The summed E-state index contributed by atoms with van der Waals surface area (Å²) in [6, 6.07) is 10.3. The second kappa shape index (κ2) is 5.08. The van der Waals surface area contributed by atoms with Crippen LogP contribution in [-0.2, 0) is 6.42 Å². The molecular formula is C12H15Cl. The van der Waals surface area contributed by atoms with Crippen molar-refractivity contribution in [3.63, 3.8) is 0 Å². The van der Waals surface area contributed by atoms with E-state index in [0.717, 1.165) is 6.42 Å². The number of alkyl halides is 1. The third-order valence-electron chi connectivity index (χ3n) is 1.79. The van der Waals surface area contributed by atoms with Crippen molar-refractivity contribution in [2.75, 3.05) is 0 Å². The Balaban J connectivity index is 2.55. The van der Waals surface area contributed by atoms with Crippen LogP contribution in [0.1, 0.15) is 19.4 Å². The van der Waals surface area contributed by atoms with Gasteiger partial charge in [0, 0.05) is 0 Å². The average Bonchev–Trinajstić information content (AvgIpc) is 2.04. The number of allylic oxidation sites excluding steroid dienone is 2. The number of rotatable bonds is 3. The highest BCUT2D eigenvalue weighted by molar-refractivity contribution is 6.21. The molecule has 1 unspecified atom stereocenters. The molecule has 0 fully saturated rings. The predicted octanol–water partition coefficient (Wildman–Crippen LogP) is 3.80. The summed E-state index contributed by atoms with van der Waals surface area (Å²) in [6.07, 6.45) is 3.00. The Morgan fingerprint density at radius 2 is 1.92 bits per heavy atom. The van der Waals surface area contributed by atoms with Crippen LogP contribution in [0.15, 0.2) is 42.0 Å². The number of halogens is 1. The van der Waals surface area contributed by atoms with Crippen LogP contribution in [-0.4, -0.2) is 5.38 Å². The van der Waals surface area contributed by atoms with E-state index in [1.54, 1.807) is 0 Å². The molecule has 0 saturated heterocycles. The molecule has 1 heteroatoms. The minimum absolute atomic E-state index is 0.118. The molecule has 0 N–H and O–H groups in total. The van der Waals surface area contributed by atoms with Crippen LogP contribution in [0.4, 0.5) is 0 Å². The van der Waals surface area contributed by atoms with Crippen LogP contribution in [0.2, 0.25) is 0 Å². The second-order valence-corrected chi connectivity index (χ2v) is 4.01. The average molecular weight is 195 g/mol. The Hall–Kier alpha value is -0.750. The van der Waals surface area contributed by atoms with Gasteiger partial charge in [-0.2, -0.15) is 0 Å². The van der Waals surface area contributed by atoms with E-state index in [-0.39, 0.29) is 5.38 Å². The maximum atomic E-state index is 6.13. The van der Waals surface area contributed by atoms with Crippen LogP contribution in [0, 0.1) is 0 Å². The molecule has 0 aliphatic heterocycles. The number of hydrogen-bond acceptors (Lipinski definition) is 0. The summed E-state index contributed by atoms with van der Waals surface area (Å²) in [7, 11) is 0. The van der Waals surface area contributed by atoms with Crippen molar-refractivity contribution in [1.82, 2.24) is 0 Å². The van der Waals surface area contributed by atoms with E-state index >= 15 is 0 Å². The van der Waals surface area contributed by atoms with Gasteiger partial charge in [-0.25, -0.2) is 0 Å². The SMILES string of the molecule is CC(C)=CC(Cl)Cc1ccccc1. The van der Waals surface area contributed by atoms with Crippen molar-refractivity contribution >= 4 is 11.6 Å². The zero-order valence-corrected chi connectivity index (χ0v) is 8.88. The Bertz CT molecular complexity index is 270. The van der Waals surface area contributed by atoms with Crippen molar-refractivity contribution in [3.05, 3.63) is 47.5 Å². The van der Waals surface area contributed by atoms with Crippen LogP contribution >= 0.6 is 11.6 Å². The van der Waals surface area contributed by atoms with E-state index in [9.17, 15) is 0 Å². The van der Waals surface area contributed by atoms with Crippen LogP contribution in [0.3, 0.4) is 0 Å². The fraction of sp³-hybridized carbons (Fsp3) is 0.333. The van der Waals surface area contributed by atoms with Gasteiger partial charge in [0.05, 0.1) is 5.38 Å². The highest BCUT2D eigenvalue weighted by Crippen LogP contribution is 2.10. The van der Waals surface area contributed by atoms with Gasteiger partial charge >= 0.3 is 0 Å². The molecule has 0 aromatic heterocycles. The van der Waals surface area contributed by atoms with Crippen molar-refractivity contribution < 1.29 is 0 Å². The highest BCUT2D eigenvalue weighted by Gasteiger charge is 2.01. The van der Waals surface area contributed by atoms with Gasteiger partial charge in [-0.3, -0.25) is 0 Å². The van der Waals surface area contributed by atoms with E-state index in [2.05, 4.69) is 32.1 Å². The molecule has 1 aromatic rings. The minimum Gasteiger partial charge on any atom is -0.118 e. The van der Waals surface area contributed by atoms with Gasteiger partial charge in [-0.1, -0.05) is 42.0 Å². The lowest BCUT2D eigenvalue weighted by atomic mass is 10.1. The third-order valence-corrected chi connectivity index (χ3v) is 2.07. The van der Waals surface area contributed by atoms with Gasteiger partial charge in [-0.15, -0.1) is 11.6 Å². The molecule has 70 valence electrons. The van der Waals surface area contributed by atoms with Gasteiger partial charge < -0.3 is 0 Å². The molecule has 0 spiro atoms. The molecule has 0 aliphatic rings. The second-order valence-electron chi connectivity index (χ2n) is 3.45. The Morgan fingerprint density at radius 1 is 1.31 bits per heavy atom. The lowest BCUT2D eigenvalue weighted by Gasteiger charge is -2.04. The smallest absolute Gasteiger partial charge is 0.0558 e. The van der Waals surface area contributed by atoms with Crippen molar-refractivity contribution in [3.8, 4) is 0 Å². The van der Waals surface area contributed by atoms with Crippen molar-refractivity contribution in [1.29, 1.82) is 0 Å². The summed E-state index contributed by atoms with van der Waals surface area (Å²) >= 11 is 6.13. The molecule has 1 rings (SSSR count). The maximum Gasteiger partial charge on any atom is 0.0558 e. The zero-order valence-electron chi connectivity index (χ0n) is 8.13. The topological polar surface area (TPSA) is 0 Å². The van der Waals surface area contributed by atoms with E-state index < -0.39 is 0 Å². The van der Waals surface area contributed by atoms with E-state index in [4.69, 9.17) is 11.6 Å². The number of hydrogen-bond donors (Lipinski definition) is 0. The molecular weight excluding hydrogens is 180 g/mol. The van der Waals surface area contributed by atoms with Crippen LogP contribution in [0.25, 0.3) is 0 Å². The molecule has 1 atom stereocenters. The molecule has 0 heterocycles. The van der Waals surface area contributed by atoms with Crippen LogP contribution in [0.5, 0.6) is 0 Å². The van der Waals surface area contributed by atoms with E-state index in [0.29, 0.717) is 0 Å². The molecule has 0 amide bonds. The molecule has 1 aromatic carbocycles.